The van der Waals surface area contributed by atoms with Crippen molar-refractivity contribution < 1.29 is 4.74 Å². The Morgan fingerprint density at radius 1 is 0.900 bits per heavy atom. The number of hydrogen-bond acceptors (Lipinski definition) is 3. The standard InChI is InChI=1S/C26H27N3O/c1-5-30-22-13-15-25(27-17-22)29-18-28-23-16-20(10-14-24(23)29)7-6-19-8-11-21(12-9-19)26(2,3)4/h6-18H,5H2,1-4H3/b7-6+. The Morgan fingerprint density at radius 2 is 1.63 bits per heavy atom. The molecule has 0 N–H and O–H groups in total. The number of aromatic nitrogens is 3. The number of ether oxygens (including phenoxy) is 1. The molecule has 4 nitrogen and oxygen atoms in total. The molecule has 0 bridgehead atoms. The minimum absolute atomic E-state index is 0.171. The van der Waals surface area contributed by atoms with Crippen LogP contribution in [0.1, 0.15) is 44.4 Å². The maximum atomic E-state index is 5.47. The molecule has 0 aliphatic carbocycles. The fourth-order valence-electron chi connectivity index (χ4n) is 3.37. The third-order valence-electron chi connectivity index (χ3n) is 5.09. The molecule has 0 radical (unpaired) electrons. The summed E-state index contributed by atoms with van der Waals surface area (Å²) in [5.74, 6) is 1.59. The number of rotatable bonds is 5. The van der Waals surface area contributed by atoms with Crippen LogP contribution in [0.3, 0.4) is 0 Å². The molecule has 0 unspecified atom stereocenters. The molecule has 4 aromatic rings. The topological polar surface area (TPSA) is 39.9 Å². The van der Waals surface area contributed by atoms with E-state index >= 15 is 0 Å². The Balaban J connectivity index is 1.55. The second-order valence-electron chi connectivity index (χ2n) is 8.35. The lowest BCUT2D eigenvalue weighted by molar-refractivity contribution is 0.339. The van der Waals surface area contributed by atoms with Crippen LogP contribution < -0.4 is 4.74 Å². The second kappa shape index (κ2) is 8.15. The lowest BCUT2D eigenvalue weighted by Gasteiger charge is -2.18. The first-order valence-corrected chi connectivity index (χ1v) is 10.3. The van der Waals surface area contributed by atoms with E-state index in [0.717, 1.165) is 28.2 Å². The normalized spacial score (nSPS) is 12.0. The van der Waals surface area contributed by atoms with Crippen molar-refractivity contribution in [3.8, 4) is 11.6 Å². The maximum Gasteiger partial charge on any atom is 0.138 e. The Kier molecular flexibility index (Phi) is 5.40. The monoisotopic (exact) mass is 397 g/mol. The Hall–Kier alpha value is -3.40. The summed E-state index contributed by atoms with van der Waals surface area (Å²) >= 11 is 0. The van der Waals surface area contributed by atoms with Gasteiger partial charge in [0.05, 0.1) is 23.8 Å². The van der Waals surface area contributed by atoms with Crippen molar-refractivity contribution in [1.29, 1.82) is 0 Å². The van der Waals surface area contributed by atoms with Gasteiger partial charge in [0.25, 0.3) is 0 Å². The van der Waals surface area contributed by atoms with Gasteiger partial charge in [-0.3, -0.25) is 4.57 Å². The second-order valence-corrected chi connectivity index (χ2v) is 8.35. The fraction of sp³-hybridized carbons (Fsp3) is 0.231. The highest BCUT2D eigenvalue weighted by Gasteiger charge is 2.12. The van der Waals surface area contributed by atoms with Crippen molar-refractivity contribution in [2.75, 3.05) is 6.61 Å². The van der Waals surface area contributed by atoms with Crippen molar-refractivity contribution in [3.05, 3.63) is 83.8 Å². The number of nitrogens with zero attached hydrogens (tertiary/aromatic N) is 3. The van der Waals surface area contributed by atoms with Crippen LogP contribution in [-0.2, 0) is 5.41 Å². The summed E-state index contributed by atoms with van der Waals surface area (Å²) in [6.45, 7) is 9.29. The van der Waals surface area contributed by atoms with Gasteiger partial charge in [0.15, 0.2) is 0 Å². The van der Waals surface area contributed by atoms with Gasteiger partial charge in [-0.2, -0.15) is 0 Å². The van der Waals surface area contributed by atoms with Crippen LogP contribution >= 0.6 is 0 Å². The van der Waals surface area contributed by atoms with Crippen LogP contribution in [0, 0.1) is 0 Å². The van der Waals surface area contributed by atoms with Gasteiger partial charge in [0.1, 0.15) is 17.9 Å². The van der Waals surface area contributed by atoms with E-state index in [1.807, 2.05) is 30.0 Å². The number of hydrogen-bond donors (Lipinski definition) is 0. The number of imidazole rings is 1. The van der Waals surface area contributed by atoms with Gasteiger partial charge >= 0.3 is 0 Å². The van der Waals surface area contributed by atoms with E-state index in [4.69, 9.17) is 4.74 Å². The van der Waals surface area contributed by atoms with Gasteiger partial charge in [-0.15, -0.1) is 0 Å². The third-order valence-corrected chi connectivity index (χ3v) is 5.09. The van der Waals surface area contributed by atoms with Gasteiger partial charge in [-0.1, -0.05) is 63.3 Å². The van der Waals surface area contributed by atoms with Crippen LogP contribution in [0.2, 0.25) is 0 Å². The summed E-state index contributed by atoms with van der Waals surface area (Å²) in [5, 5.41) is 0. The smallest absolute Gasteiger partial charge is 0.138 e. The number of benzene rings is 2. The lowest BCUT2D eigenvalue weighted by atomic mass is 9.87. The quantitative estimate of drug-likeness (QED) is 0.372. The van der Waals surface area contributed by atoms with Crippen LogP contribution in [-0.4, -0.2) is 21.1 Å². The molecule has 152 valence electrons. The van der Waals surface area contributed by atoms with Gasteiger partial charge in [-0.05, 0) is 53.3 Å². The van der Waals surface area contributed by atoms with Crippen molar-refractivity contribution in [2.45, 2.75) is 33.1 Å². The molecular formula is C26H27N3O. The van der Waals surface area contributed by atoms with Gasteiger partial charge in [0, 0.05) is 0 Å². The molecule has 0 saturated carbocycles. The minimum Gasteiger partial charge on any atom is -0.492 e. The average molecular weight is 398 g/mol. The summed E-state index contributed by atoms with van der Waals surface area (Å²) in [4.78, 5) is 9.06. The highest BCUT2D eigenvalue weighted by Crippen LogP contribution is 2.24. The lowest BCUT2D eigenvalue weighted by Crippen LogP contribution is -2.10. The molecule has 30 heavy (non-hydrogen) atoms. The summed E-state index contributed by atoms with van der Waals surface area (Å²) in [5.41, 5.74) is 5.79. The highest BCUT2D eigenvalue weighted by molar-refractivity contribution is 5.82. The van der Waals surface area contributed by atoms with Crippen molar-refractivity contribution in [1.82, 2.24) is 14.5 Å². The zero-order valence-corrected chi connectivity index (χ0v) is 18.0. The van der Waals surface area contributed by atoms with Crippen LogP contribution in [0.25, 0.3) is 29.0 Å². The van der Waals surface area contributed by atoms with Crippen molar-refractivity contribution in [2.24, 2.45) is 0 Å². The van der Waals surface area contributed by atoms with Gasteiger partial charge in [0.2, 0.25) is 0 Å². The summed E-state index contributed by atoms with van der Waals surface area (Å²) in [6, 6.07) is 18.9. The molecule has 2 aromatic heterocycles. The average Bonchev–Trinajstić information content (AvgIpc) is 3.16. The first kappa shape index (κ1) is 19.9. The molecule has 2 aromatic carbocycles. The molecule has 0 saturated heterocycles. The molecule has 0 amide bonds. The molecule has 0 atom stereocenters. The molecule has 4 rings (SSSR count). The highest BCUT2D eigenvalue weighted by atomic mass is 16.5. The van der Waals surface area contributed by atoms with Crippen molar-refractivity contribution in [3.63, 3.8) is 0 Å². The molecule has 2 heterocycles. The fourth-order valence-corrected chi connectivity index (χ4v) is 3.37. The van der Waals surface area contributed by atoms with E-state index in [2.05, 4.69) is 85.4 Å². The largest absolute Gasteiger partial charge is 0.492 e. The van der Waals surface area contributed by atoms with Crippen LogP contribution in [0.4, 0.5) is 0 Å². The summed E-state index contributed by atoms with van der Waals surface area (Å²) < 4.78 is 7.46. The van der Waals surface area contributed by atoms with Crippen molar-refractivity contribution >= 4 is 23.2 Å². The van der Waals surface area contributed by atoms with Crippen LogP contribution in [0.15, 0.2) is 67.1 Å². The predicted octanol–water partition coefficient (Wildman–Crippen LogP) is 6.29. The Labute approximate surface area is 177 Å². The zero-order chi connectivity index (χ0) is 21.1. The summed E-state index contributed by atoms with van der Waals surface area (Å²) in [7, 11) is 0. The molecule has 0 fully saturated rings. The Morgan fingerprint density at radius 3 is 2.30 bits per heavy atom. The Bertz CT molecular complexity index is 1160. The van der Waals surface area contributed by atoms with Crippen LogP contribution in [0.5, 0.6) is 5.75 Å². The van der Waals surface area contributed by atoms with E-state index in [0.29, 0.717) is 6.61 Å². The molecule has 0 aliphatic heterocycles. The third kappa shape index (κ3) is 4.28. The molecule has 0 aliphatic rings. The summed E-state index contributed by atoms with van der Waals surface area (Å²) in [6.07, 6.45) is 7.82. The number of fused-ring (bicyclic) bond motifs is 1. The maximum absolute atomic E-state index is 5.47. The first-order valence-electron chi connectivity index (χ1n) is 10.3. The number of pyridine rings is 1. The van der Waals surface area contributed by atoms with E-state index < -0.39 is 0 Å². The van der Waals surface area contributed by atoms with E-state index in [1.165, 1.54) is 11.1 Å². The van der Waals surface area contributed by atoms with E-state index in [1.54, 1.807) is 6.20 Å². The molecule has 4 heteroatoms. The zero-order valence-electron chi connectivity index (χ0n) is 18.0. The molecular weight excluding hydrogens is 370 g/mol. The first-order chi connectivity index (χ1) is 14.4. The molecule has 0 spiro atoms. The van der Waals surface area contributed by atoms with Gasteiger partial charge in [-0.25, -0.2) is 9.97 Å². The minimum atomic E-state index is 0.171. The predicted molar refractivity (Wildman–Crippen MR) is 124 cm³/mol. The SMILES string of the molecule is CCOc1ccc(-n2cnc3cc(/C=C/c4ccc(C(C)(C)C)cc4)ccc32)nc1. The van der Waals surface area contributed by atoms with E-state index in [-0.39, 0.29) is 5.41 Å². The van der Waals surface area contributed by atoms with Gasteiger partial charge < -0.3 is 4.74 Å². The van der Waals surface area contributed by atoms with E-state index in [9.17, 15) is 0 Å².